The van der Waals surface area contributed by atoms with Crippen LogP contribution in [0.2, 0.25) is 0 Å². The highest BCUT2D eigenvalue weighted by molar-refractivity contribution is 5.89. The quantitative estimate of drug-likeness (QED) is 0.203. The summed E-state index contributed by atoms with van der Waals surface area (Å²) in [6.07, 6.45) is 3.26. The first-order valence-corrected chi connectivity index (χ1v) is 12.0. The van der Waals surface area contributed by atoms with Gasteiger partial charge in [0.2, 0.25) is 11.9 Å². The number of aliphatic hydroxyl groups is 1. The second kappa shape index (κ2) is 10.5. The summed E-state index contributed by atoms with van der Waals surface area (Å²) < 4.78 is 5.63. The van der Waals surface area contributed by atoms with Gasteiger partial charge in [-0.05, 0) is 52.2 Å². The van der Waals surface area contributed by atoms with Gasteiger partial charge in [-0.3, -0.25) is 0 Å². The first-order valence-electron chi connectivity index (χ1n) is 12.0. The Morgan fingerprint density at radius 1 is 1.03 bits per heavy atom. The van der Waals surface area contributed by atoms with Crippen LogP contribution in [-0.2, 0) is 5.60 Å². The first-order chi connectivity index (χ1) is 17.6. The average Bonchev–Trinajstić information content (AvgIpc) is 3.30. The highest BCUT2D eigenvalue weighted by atomic mass is 16.5. The van der Waals surface area contributed by atoms with Gasteiger partial charge in [-0.2, -0.15) is 4.98 Å². The molecule has 37 heavy (non-hydrogen) atoms. The first kappa shape index (κ1) is 26.0. The zero-order valence-electron chi connectivity index (χ0n) is 22.1. The van der Waals surface area contributed by atoms with Crippen molar-refractivity contribution in [2.45, 2.75) is 19.4 Å². The topological polar surface area (TPSA) is 140 Å². The fourth-order valence-corrected chi connectivity index (χ4v) is 4.21. The number of ether oxygens (including phenoxy) is 1. The van der Waals surface area contributed by atoms with E-state index in [1.165, 1.54) is 6.33 Å². The molecule has 0 saturated carbocycles. The molecule has 6 N–H and O–H groups in total. The third-order valence-corrected chi connectivity index (χ3v) is 6.05. The molecule has 0 bridgehead atoms. The minimum absolute atomic E-state index is 0.316. The van der Waals surface area contributed by atoms with E-state index in [1.807, 2.05) is 57.7 Å². The van der Waals surface area contributed by atoms with E-state index in [0.717, 1.165) is 35.2 Å². The number of nitrogens with one attached hydrogen (secondary N) is 3. The molecule has 0 radical (unpaired) electrons. The number of likely N-dealkylation sites (N-methyl/N-ethyl adjacent to an activating group) is 2. The number of fused-ring (bicyclic) bond motifs is 1. The fourth-order valence-electron chi connectivity index (χ4n) is 4.21. The maximum Gasteiger partial charge on any atom is 0.232 e. The van der Waals surface area contributed by atoms with E-state index in [-0.39, 0.29) is 0 Å². The molecule has 11 nitrogen and oxygen atoms in total. The van der Waals surface area contributed by atoms with Crippen molar-refractivity contribution in [3.63, 3.8) is 0 Å². The van der Waals surface area contributed by atoms with Crippen molar-refractivity contribution in [2.24, 2.45) is 0 Å². The molecule has 0 unspecified atom stereocenters. The van der Waals surface area contributed by atoms with Crippen LogP contribution in [0.1, 0.15) is 19.4 Å². The maximum atomic E-state index is 10.9. The smallest absolute Gasteiger partial charge is 0.232 e. The number of nitrogens with zero attached hydrogens (tertiary/aromatic N) is 5. The van der Waals surface area contributed by atoms with Crippen LogP contribution in [0.4, 0.5) is 34.6 Å². The SMILES string of the molecule is COc1cc(N(C)CCN(C)C)c(N)cc1Nc1ncnc(Nc2ccc3[nH]ccc3c2C(C)(C)O)n1. The van der Waals surface area contributed by atoms with Crippen LogP contribution in [0.15, 0.2) is 42.9 Å². The van der Waals surface area contributed by atoms with E-state index < -0.39 is 5.60 Å². The van der Waals surface area contributed by atoms with Crippen molar-refractivity contribution < 1.29 is 9.84 Å². The van der Waals surface area contributed by atoms with Gasteiger partial charge in [-0.15, -0.1) is 0 Å². The van der Waals surface area contributed by atoms with Gasteiger partial charge in [0, 0.05) is 54.6 Å². The number of anilines is 6. The largest absolute Gasteiger partial charge is 0.494 e. The zero-order chi connectivity index (χ0) is 26.7. The number of aromatic amines is 1. The van der Waals surface area contributed by atoms with Gasteiger partial charge in [0.1, 0.15) is 12.1 Å². The van der Waals surface area contributed by atoms with Crippen molar-refractivity contribution in [1.82, 2.24) is 24.8 Å². The van der Waals surface area contributed by atoms with Crippen LogP contribution in [-0.4, -0.2) is 71.3 Å². The fraction of sp³-hybridized carbons (Fsp3) is 0.346. The third kappa shape index (κ3) is 5.84. The van der Waals surface area contributed by atoms with Crippen LogP contribution in [0.25, 0.3) is 10.9 Å². The standard InChI is InChI=1S/C26H35N9O2/c1-26(2,36)23-16-9-10-28-18(16)7-8-19(23)31-24-29-15-30-25(33-24)32-20-13-17(27)21(14-22(20)37-6)35(5)12-11-34(3)4/h7-10,13-15,28,36H,11-12,27H2,1-6H3,(H2,29,30,31,32,33). The van der Waals surface area contributed by atoms with E-state index >= 15 is 0 Å². The zero-order valence-corrected chi connectivity index (χ0v) is 22.1. The summed E-state index contributed by atoms with van der Waals surface area (Å²) in [4.78, 5) is 20.4. The van der Waals surface area contributed by atoms with Crippen LogP contribution >= 0.6 is 0 Å². The maximum absolute atomic E-state index is 10.9. The Balaban J connectivity index is 1.60. The number of H-pyrrole nitrogens is 1. The third-order valence-electron chi connectivity index (χ3n) is 6.05. The normalized spacial score (nSPS) is 11.7. The van der Waals surface area contributed by atoms with E-state index in [0.29, 0.717) is 34.7 Å². The van der Waals surface area contributed by atoms with Gasteiger partial charge < -0.3 is 41.0 Å². The lowest BCUT2D eigenvalue weighted by atomic mass is 9.93. The Labute approximate surface area is 216 Å². The van der Waals surface area contributed by atoms with Gasteiger partial charge in [-0.25, -0.2) is 9.97 Å². The molecular weight excluding hydrogens is 470 g/mol. The number of hydrogen-bond acceptors (Lipinski definition) is 10. The van der Waals surface area contributed by atoms with Crippen LogP contribution in [0, 0.1) is 0 Å². The van der Waals surface area contributed by atoms with Gasteiger partial charge in [0.15, 0.2) is 0 Å². The highest BCUT2D eigenvalue weighted by Crippen LogP contribution is 2.37. The Bertz CT molecular complexity index is 1380. The molecular formula is C26H35N9O2. The molecule has 11 heteroatoms. The van der Waals surface area contributed by atoms with E-state index in [2.05, 4.69) is 40.4 Å². The van der Waals surface area contributed by atoms with Crippen LogP contribution < -0.4 is 26.0 Å². The molecule has 0 atom stereocenters. The second-order valence-corrected chi connectivity index (χ2v) is 9.70. The van der Waals surface area contributed by atoms with Crippen LogP contribution in [0.5, 0.6) is 5.75 Å². The van der Waals surface area contributed by atoms with E-state index in [9.17, 15) is 5.11 Å². The summed E-state index contributed by atoms with van der Waals surface area (Å²) in [5, 5.41) is 18.2. The van der Waals surface area contributed by atoms with Crippen molar-refractivity contribution in [2.75, 3.05) is 62.6 Å². The van der Waals surface area contributed by atoms with Crippen molar-refractivity contribution >= 4 is 45.5 Å². The molecule has 2 heterocycles. The Hall–Kier alpha value is -4.09. The van der Waals surface area contributed by atoms with Crippen LogP contribution in [0.3, 0.4) is 0 Å². The number of nitrogen functional groups attached to an aromatic ring is 1. The monoisotopic (exact) mass is 505 g/mol. The number of benzene rings is 2. The number of rotatable bonds is 10. The molecule has 0 spiro atoms. The number of hydrogen-bond donors (Lipinski definition) is 5. The molecule has 4 rings (SSSR count). The number of aromatic nitrogens is 4. The molecule has 0 fully saturated rings. The summed E-state index contributed by atoms with van der Waals surface area (Å²) in [7, 11) is 7.67. The van der Waals surface area contributed by atoms with Crippen molar-refractivity contribution in [3.05, 3.63) is 48.4 Å². The van der Waals surface area contributed by atoms with E-state index in [4.69, 9.17) is 10.5 Å². The van der Waals surface area contributed by atoms with Gasteiger partial charge in [0.25, 0.3) is 0 Å². The lowest BCUT2D eigenvalue weighted by molar-refractivity contribution is 0.0809. The predicted molar refractivity (Wildman–Crippen MR) is 149 cm³/mol. The Morgan fingerprint density at radius 2 is 1.73 bits per heavy atom. The summed E-state index contributed by atoms with van der Waals surface area (Å²) in [6, 6.07) is 9.47. The van der Waals surface area contributed by atoms with Gasteiger partial charge in [-0.1, -0.05) is 0 Å². The summed E-state index contributed by atoms with van der Waals surface area (Å²) in [5.74, 6) is 1.25. The highest BCUT2D eigenvalue weighted by Gasteiger charge is 2.24. The summed E-state index contributed by atoms with van der Waals surface area (Å²) in [5.41, 5.74) is 9.78. The molecule has 0 saturated heterocycles. The molecule has 2 aromatic carbocycles. The van der Waals surface area contributed by atoms with Crippen molar-refractivity contribution in [1.29, 1.82) is 0 Å². The Kier molecular flexibility index (Phi) is 7.37. The molecule has 4 aromatic rings. The average molecular weight is 506 g/mol. The second-order valence-electron chi connectivity index (χ2n) is 9.70. The number of nitrogens with two attached hydrogens (primary N) is 1. The summed E-state index contributed by atoms with van der Waals surface area (Å²) in [6.45, 7) is 5.21. The molecule has 0 aliphatic heterocycles. The molecule has 196 valence electrons. The lowest BCUT2D eigenvalue weighted by Crippen LogP contribution is -2.29. The lowest BCUT2D eigenvalue weighted by Gasteiger charge is -2.24. The van der Waals surface area contributed by atoms with Crippen molar-refractivity contribution in [3.8, 4) is 5.75 Å². The summed E-state index contributed by atoms with van der Waals surface area (Å²) >= 11 is 0. The molecule has 2 aromatic heterocycles. The minimum Gasteiger partial charge on any atom is -0.494 e. The number of methoxy groups -OCH3 is 1. The molecule has 0 aliphatic carbocycles. The Morgan fingerprint density at radius 3 is 2.38 bits per heavy atom. The van der Waals surface area contributed by atoms with Gasteiger partial charge >= 0.3 is 0 Å². The van der Waals surface area contributed by atoms with E-state index in [1.54, 1.807) is 21.0 Å². The van der Waals surface area contributed by atoms with Gasteiger partial charge in [0.05, 0.1) is 29.8 Å². The molecule has 0 aliphatic rings. The minimum atomic E-state index is -1.09. The molecule has 0 amide bonds. The predicted octanol–water partition coefficient (Wildman–Crippen LogP) is 3.66.